The molecule has 2 bridgehead atoms. The van der Waals surface area contributed by atoms with Crippen molar-refractivity contribution in [3.05, 3.63) is 0 Å². The SMILES string of the molecule is COc1nc(OC)nc([N+]2(C)CC[N+](C)(c3nc(OC)nc(OC)n3)CC2)n1.COc1nc(OC)nc([N+]23CC[N+](c4nc(OC)nc(OC)n4)(CC2)CC3)n1.Cl.[Cl-].[Cl-].[Cl-]. The predicted molar refractivity (Wildman–Crippen MR) is 207 cm³/mol. The van der Waals surface area contributed by atoms with Crippen molar-refractivity contribution in [2.24, 2.45) is 0 Å². The van der Waals surface area contributed by atoms with Crippen LogP contribution in [0, 0.1) is 0 Å². The summed E-state index contributed by atoms with van der Waals surface area (Å²) in [6.07, 6.45) is 0. The maximum Gasteiger partial charge on any atom is 0.338 e. The first-order valence-corrected chi connectivity index (χ1v) is 17.7. The van der Waals surface area contributed by atoms with E-state index in [1.807, 2.05) is 0 Å². The van der Waals surface area contributed by atoms with E-state index in [2.05, 4.69) is 73.9 Å². The van der Waals surface area contributed by atoms with Crippen molar-refractivity contribution in [1.29, 1.82) is 0 Å². The number of nitrogens with zero attached hydrogens (tertiary/aromatic N) is 16. The Hall–Kier alpha value is -4.56. The van der Waals surface area contributed by atoms with Gasteiger partial charge in [-0.1, -0.05) is 0 Å². The van der Waals surface area contributed by atoms with Crippen LogP contribution in [0.25, 0.3) is 0 Å². The molecular weight excluding hydrogens is 878 g/mol. The molecule has 4 aliphatic rings. The third kappa shape index (κ3) is 10.5. The van der Waals surface area contributed by atoms with Crippen LogP contribution in [0.5, 0.6) is 48.1 Å². The maximum atomic E-state index is 5.22. The summed E-state index contributed by atoms with van der Waals surface area (Å²) in [5, 5.41) is 0. The van der Waals surface area contributed by atoms with Crippen LogP contribution < -0.4 is 93.0 Å². The fourth-order valence-electron chi connectivity index (χ4n) is 6.87. The number of quaternary nitrogens is 4. The summed E-state index contributed by atoms with van der Waals surface area (Å²) in [5.41, 5.74) is 0. The zero-order valence-corrected chi connectivity index (χ0v) is 38.1. The number of hydrogen-bond donors (Lipinski definition) is 0. The number of methoxy groups -OCH3 is 8. The van der Waals surface area contributed by atoms with Crippen LogP contribution in [0.3, 0.4) is 0 Å². The highest BCUT2D eigenvalue weighted by atomic mass is 35.5. The summed E-state index contributed by atoms with van der Waals surface area (Å²) >= 11 is 0. The Bertz CT molecular complexity index is 1770. The Kier molecular flexibility index (Phi) is 18.3. The molecule has 0 atom stereocenters. The van der Waals surface area contributed by atoms with Gasteiger partial charge in [-0.2, -0.15) is 0 Å². The Balaban J connectivity index is 0.000000388. The third-order valence-corrected chi connectivity index (χ3v) is 10.6. The van der Waals surface area contributed by atoms with E-state index in [0.29, 0.717) is 41.7 Å². The molecule has 28 heteroatoms. The number of rotatable bonds is 12. The summed E-state index contributed by atoms with van der Waals surface area (Å²) in [4.78, 5) is 52.1. The van der Waals surface area contributed by atoms with Gasteiger partial charge in [-0.25, -0.2) is 8.97 Å². The first-order chi connectivity index (χ1) is 26.9. The van der Waals surface area contributed by atoms with E-state index in [9.17, 15) is 0 Å². The van der Waals surface area contributed by atoms with Crippen LogP contribution in [0.15, 0.2) is 0 Å². The van der Waals surface area contributed by atoms with Crippen molar-refractivity contribution in [1.82, 2.24) is 77.7 Å². The first kappa shape index (κ1) is 51.6. The minimum absolute atomic E-state index is 0. The first-order valence-electron chi connectivity index (χ1n) is 17.7. The Morgan fingerprint density at radius 3 is 0.617 bits per heavy atom. The smallest absolute Gasteiger partial charge is 0.338 e. The topological polar surface area (TPSA) is 229 Å². The van der Waals surface area contributed by atoms with Gasteiger partial charge in [-0.15, -0.1) is 72.2 Å². The highest BCUT2D eigenvalue weighted by molar-refractivity contribution is 5.85. The van der Waals surface area contributed by atoms with Crippen LogP contribution in [0.4, 0.5) is 23.8 Å². The molecule has 4 aromatic heterocycles. The summed E-state index contributed by atoms with van der Waals surface area (Å²) < 4.78 is 44.0. The molecule has 334 valence electrons. The molecular formula is C32H51Cl4N16O8+. The second-order valence-corrected chi connectivity index (χ2v) is 13.8. The standard InChI is InChI=1S/C16H24N8O4.C16H26N8O4.4ClH/c1-25-13-17-11(18-14(21-13)26-2)23-5-8-24(9-6-23,10-7-23)12-19-15(27-3)22-16(20-12)28-4;1-23(11-17-13(25-3)21-14(18-11)26-4)7-9-24(2,10-8-23)12-19-15(27-5)22-16(20-12)28-6;;;;/h5-10H2,1-4H3;7-10H2,1-6H3;4*1H/q2*+2;;;;/p-3. The molecule has 4 aliphatic heterocycles. The van der Waals surface area contributed by atoms with Crippen molar-refractivity contribution in [2.45, 2.75) is 0 Å². The molecule has 4 fully saturated rings. The molecule has 8 rings (SSSR count). The fourth-order valence-corrected chi connectivity index (χ4v) is 6.87. The van der Waals surface area contributed by atoms with Gasteiger partial charge in [0.15, 0.2) is 0 Å². The lowest BCUT2D eigenvalue weighted by Gasteiger charge is -2.51. The molecule has 0 radical (unpaired) electrons. The number of fused-ring (bicyclic) bond motifs is 3. The highest BCUT2D eigenvalue weighted by Gasteiger charge is 2.55. The lowest BCUT2D eigenvalue weighted by Crippen LogP contribution is -3.00. The summed E-state index contributed by atoms with van der Waals surface area (Å²) in [7, 11) is 16.4. The molecule has 0 N–H and O–H groups in total. The average Bonchev–Trinajstić information content (AvgIpc) is 3.27. The molecule has 0 saturated carbocycles. The van der Waals surface area contributed by atoms with Gasteiger partial charge in [0.1, 0.15) is 65.4 Å². The van der Waals surface area contributed by atoms with Crippen LogP contribution in [0.2, 0.25) is 0 Å². The second kappa shape index (κ2) is 21.3. The number of halogens is 4. The predicted octanol–water partition coefficient (Wildman–Crippen LogP) is -9.45. The van der Waals surface area contributed by atoms with Crippen LogP contribution in [-0.4, -0.2) is 196 Å². The molecule has 4 saturated heterocycles. The number of ether oxygens (including phenoxy) is 8. The third-order valence-electron chi connectivity index (χ3n) is 10.6. The van der Waals surface area contributed by atoms with E-state index in [4.69, 9.17) is 37.9 Å². The van der Waals surface area contributed by atoms with Gasteiger partial charge < -0.3 is 75.1 Å². The molecule has 0 spiro atoms. The van der Waals surface area contributed by atoms with Crippen molar-refractivity contribution < 1.29 is 75.1 Å². The van der Waals surface area contributed by atoms with Gasteiger partial charge in [0.05, 0.1) is 71.0 Å². The average molecular weight is 930 g/mol. The molecule has 0 unspecified atom stereocenters. The fraction of sp³-hybridized carbons (Fsp3) is 0.625. The largest absolute Gasteiger partial charge is 1.00 e. The van der Waals surface area contributed by atoms with Crippen LogP contribution in [-0.2, 0) is 0 Å². The lowest BCUT2D eigenvalue weighted by atomic mass is 10.1. The van der Waals surface area contributed by atoms with E-state index in [1.54, 1.807) is 0 Å². The van der Waals surface area contributed by atoms with Crippen LogP contribution in [0.1, 0.15) is 0 Å². The molecule has 8 heterocycles. The summed E-state index contributed by atoms with van der Waals surface area (Å²) in [5.74, 6) is 2.54. The lowest BCUT2D eigenvalue weighted by molar-refractivity contribution is -0.00100. The van der Waals surface area contributed by atoms with Crippen molar-refractivity contribution in [3.8, 4) is 48.1 Å². The molecule has 4 aromatic rings. The quantitative estimate of drug-likeness (QED) is 0.120. The summed E-state index contributed by atoms with van der Waals surface area (Å²) in [6, 6.07) is 1.98. The van der Waals surface area contributed by atoms with Gasteiger partial charge in [-0.3, -0.25) is 8.97 Å². The molecule has 24 nitrogen and oxygen atoms in total. The van der Waals surface area contributed by atoms with Crippen LogP contribution >= 0.6 is 12.4 Å². The molecule has 60 heavy (non-hydrogen) atoms. The van der Waals surface area contributed by atoms with E-state index >= 15 is 0 Å². The van der Waals surface area contributed by atoms with Gasteiger partial charge in [0, 0.05) is 0 Å². The van der Waals surface area contributed by atoms with Crippen molar-refractivity contribution in [2.75, 3.05) is 136 Å². The number of piperazine rings is 4. The summed E-state index contributed by atoms with van der Waals surface area (Å²) in [6.45, 7) is 8.05. The second-order valence-electron chi connectivity index (χ2n) is 13.8. The van der Waals surface area contributed by atoms with Crippen molar-refractivity contribution >= 4 is 36.2 Å². The maximum absolute atomic E-state index is 5.22. The number of hydrogen-bond acceptors (Lipinski definition) is 20. The Morgan fingerprint density at radius 2 is 0.450 bits per heavy atom. The Labute approximate surface area is 372 Å². The van der Waals surface area contributed by atoms with Gasteiger partial charge >= 0.3 is 71.9 Å². The Morgan fingerprint density at radius 1 is 0.283 bits per heavy atom. The van der Waals surface area contributed by atoms with E-state index in [0.717, 1.165) is 65.4 Å². The normalized spacial score (nSPS) is 23.6. The molecule has 0 aromatic carbocycles. The number of likely N-dealkylation sites (N-methyl/N-ethyl adjacent to an activating group) is 2. The minimum Gasteiger partial charge on any atom is -1.00 e. The van der Waals surface area contributed by atoms with Gasteiger partial charge in [0.2, 0.25) is 0 Å². The molecule has 0 amide bonds. The molecule has 0 aliphatic carbocycles. The zero-order chi connectivity index (χ0) is 40.1. The van der Waals surface area contributed by atoms with Gasteiger partial charge in [0.25, 0.3) is 0 Å². The monoisotopic (exact) mass is 927 g/mol. The van der Waals surface area contributed by atoms with E-state index < -0.39 is 0 Å². The highest BCUT2D eigenvalue weighted by Crippen LogP contribution is 2.35. The zero-order valence-electron chi connectivity index (χ0n) is 35.0. The van der Waals surface area contributed by atoms with Gasteiger partial charge in [-0.05, 0) is 0 Å². The van der Waals surface area contributed by atoms with E-state index in [1.165, 1.54) is 56.9 Å². The number of aromatic nitrogens is 12. The minimum atomic E-state index is 0. The van der Waals surface area contributed by atoms with E-state index in [-0.39, 0.29) is 97.7 Å². The van der Waals surface area contributed by atoms with Crippen molar-refractivity contribution in [3.63, 3.8) is 0 Å².